The Kier molecular flexibility index (Phi) is 4.34. The second-order valence-corrected chi connectivity index (χ2v) is 7.91. The first kappa shape index (κ1) is 19.3. The molecule has 1 spiro atoms. The third-order valence-electron chi connectivity index (χ3n) is 5.66. The Balaban J connectivity index is 1.75. The average Bonchev–Trinajstić information content (AvgIpc) is 3.03. The third-order valence-corrected chi connectivity index (χ3v) is 5.66. The fourth-order valence-electron chi connectivity index (χ4n) is 4.07. The van der Waals surface area contributed by atoms with Gasteiger partial charge in [0.1, 0.15) is 29.4 Å². The highest BCUT2D eigenvalue weighted by molar-refractivity contribution is 5.74. The summed E-state index contributed by atoms with van der Waals surface area (Å²) in [5, 5.41) is 14.3. The number of rotatable bonds is 0. The van der Waals surface area contributed by atoms with Crippen LogP contribution < -0.4 is 15.2 Å². The standard InChI is InChI=1S/C22H20FN5O3/c1-12-15-6-14(23)3-4-18(15)31-22(10-29-11-22)7-16-20(17(8-24)28(2)27-16)13-5-19(30-12)21(25)26-9-13/h3-6,9,12H,7,10-11H2,1-2H3,(H2,25,26). The highest BCUT2D eigenvalue weighted by Gasteiger charge is 2.44. The number of nitrogens with two attached hydrogens (primary N) is 1. The SMILES string of the molecule is CC1Oc2cc(cnc2N)-c2c(nn(C)c2C#N)CC2(COC2)Oc2ccc(F)cc21. The van der Waals surface area contributed by atoms with E-state index >= 15 is 0 Å². The van der Waals surface area contributed by atoms with Crippen molar-refractivity contribution in [3.05, 3.63) is 53.2 Å². The molecule has 4 heterocycles. The Hall–Kier alpha value is -3.64. The number of aryl methyl sites for hydroxylation is 1. The largest absolute Gasteiger partial charge is 0.482 e. The van der Waals surface area contributed by atoms with Crippen LogP contribution in [-0.2, 0) is 18.2 Å². The zero-order chi connectivity index (χ0) is 21.8. The van der Waals surface area contributed by atoms with Crippen molar-refractivity contribution in [1.82, 2.24) is 14.8 Å². The Morgan fingerprint density at radius 1 is 1.29 bits per heavy atom. The van der Waals surface area contributed by atoms with Crippen molar-refractivity contribution in [3.63, 3.8) is 0 Å². The van der Waals surface area contributed by atoms with Crippen LogP contribution in [0.4, 0.5) is 10.2 Å². The van der Waals surface area contributed by atoms with Gasteiger partial charge in [-0.05, 0) is 31.2 Å². The molecule has 2 aromatic heterocycles. The molecule has 0 aliphatic carbocycles. The molecule has 9 heteroatoms. The van der Waals surface area contributed by atoms with Gasteiger partial charge in [-0.25, -0.2) is 9.37 Å². The van der Waals surface area contributed by atoms with Gasteiger partial charge in [0.15, 0.2) is 17.2 Å². The summed E-state index contributed by atoms with van der Waals surface area (Å²) in [4.78, 5) is 4.27. The molecule has 1 atom stereocenters. The number of halogens is 1. The summed E-state index contributed by atoms with van der Waals surface area (Å²) < 4.78 is 33.6. The van der Waals surface area contributed by atoms with E-state index in [4.69, 9.17) is 19.9 Å². The first-order chi connectivity index (χ1) is 14.9. The van der Waals surface area contributed by atoms with Crippen LogP contribution in [0, 0.1) is 17.1 Å². The maximum absolute atomic E-state index is 14.1. The molecule has 2 bridgehead atoms. The number of anilines is 1. The average molecular weight is 421 g/mol. The van der Waals surface area contributed by atoms with E-state index in [1.165, 1.54) is 12.1 Å². The number of hydrogen-bond donors (Lipinski definition) is 1. The van der Waals surface area contributed by atoms with E-state index in [-0.39, 0.29) is 5.82 Å². The van der Waals surface area contributed by atoms with Gasteiger partial charge in [-0.3, -0.25) is 4.68 Å². The van der Waals surface area contributed by atoms with E-state index in [0.717, 1.165) is 0 Å². The normalized spacial score (nSPS) is 18.8. The second-order valence-electron chi connectivity index (χ2n) is 7.91. The number of nitrogens with zero attached hydrogens (tertiary/aromatic N) is 4. The minimum atomic E-state index is -0.689. The Bertz CT molecular complexity index is 1230. The summed E-state index contributed by atoms with van der Waals surface area (Å²) in [6, 6.07) is 8.30. The van der Waals surface area contributed by atoms with E-state index in [2.05, 4.69) is 16.2 Å². The molecule has 0 amide bonds. The molecule has 5 rings (SSSR count). The quantitative estimate of drug-likeness (QED) is 0.594. The van der Waals surface area contributed by atoms with Gasteiger partial charge in [0.2, 0.25) is 0 Å². The second kappa shape index (κ2) is 6.96. The third kappa shape index (κ3) is 3.16. The molecule has 8 nitrogen and oxygen atoms in total. The highest BCUT2D eigenvalue weighted by atomic mass is 19.1. The number of pyridine rings is 1. The number of hydrogen-bond acceptors (Lipinski definition) is 7. The van der Waals surface area contributed by atoms with Crippen LogP contribution in [0.15, 0.2) is 30.5 Å². The summed E-state index contributed by atoms with van der Waals surface area (Å²) in [6.45, 7) is 2.49. The van der Waals surface area contributed by atoms with Gasteiger partial charge in [-0.1, -0.05) is 0 Å². The van der Waals surface area contributed by atoms with Gasteiger partial charge in [0, 0.05) is 36.4 Å². The number of benzene rings is 1. The zero-order valence-electron chi connectivity index (χ0n) is 17.1. The number of fused-ring (bicyclic) bond motifs is 5. The predicted octanol–water partition coefficient (Wildman–Crippen LogP) is 2.92. The van der Waals surface area contributed by atoms with E-state index in [9.17, 15) is 9.65 Å². The minimum Gasteiger partial charge on any atom is -0.482 e. The minimum absolute atomic E-state index is 0.194. The lowest BCUT2D eigenvalue weighted by molar-refractivity contribution is -0.161. The molecular formula is C22H20FN5O3. The summed E-state index contributed by atoms with van der Waals surface area (Å²) >= 11 is 0. The van der Waals surface area contributed by atoms with Crippen molar-refractivity contribution in [2.24, 2.45) is 7.05 Å². The Labute approximate surface area is 178 Å². The first-order valence-electron chi connectivity index (χ1n) is 9.84. The molecule has 2 aliphatic rings. The summed E-state index contributed by atoms with van der Waals surface area (Å²) in [5.41, 5.74) is 8.31. The monoisotopic (exact) mass is 421 g/mol. The first-order valence-corrected chi connectivity index (χ1v) is 9.84. The summed E-state index contributed by atoms with van der Waals surface area (Å²) in [6.07, 6.45) is 1.44. The number of ether oxygens (including phenoxy) is 3. The molecule has 2 aliphatic heterocycles. The molecule has 31 heavy (non-hydrogen) atoms. The van der Waals surface area contributed by atoms with Crippen LogP contribution >= 0.6 is 0 Å². The molecule has 1 saturated heterocycles. The van der Waals surface area contributed by atoms with Crippen LogP contribution in [0.5, 0.6) is 11.5 Å². The van der Waals surface area contributed by atoms with E-state index in [1.807, 2.05) is 0 Å². The van der Waals surface area contributed by atoms with Gasteiger partial charge < -0.3 is 19.9 Å². The number of nitriles is 1. The Morgan fingerprint density at radius 3 is 2.81 bits per heavy atom. The van der Waals surface area contributed by atoms with E-state index < -0.39 is 17.5 Å². The van der Waals surface area contributed by atoms with Crippen LogP contribution in [0.25, 0.3) is 11.1 Å². The van der Waals surface area contributed by atoms with E-state index in [0.29, 0.717) is 59.2 Å². The van der Waals surface area contributed by atoms with Crippen molar-refractivity contribution < 1.29 is 18.6 Å². The lowest BCUT2D eigenvalue weighted by Crippen LogP contribution is -2.56. The van der Waals surface area contributed by atoms with Crippen molar-refractivity contribution in [1.29, 1.82) is 5.26 Å². The van der Waals surface area contributed by atoms with Crippen molar-refractivity contribution in [3.8, 4) is 28.7 Å². The molecule has 1 fully saturated rings. The van der Waals surface area contributed by atoms with Crippen molar-refractivity contribution in [2.45, 2.75) is 25.0 Å². The van der Waals surface area contributed by atoms with Crippen LogP contribution in [-0.4, -0.2) is 33.6 Å². The van der Waals surface area contributed by atoms with Crippen molar-refractivity contribution >= 4 is 5.82 Å². The lowest BCUT2D eigenvalue weighted by atomic mass is 9.91. The van der Waals surface area contributed by atoms with Crippen LogP contribution in [0.3, 0.4) is 0 Å². The lowest BCUT2D eigenvalue weighted by Gasteiger charge is -2.42. The van der Waals surface area contributed by atoms with Gasteiger partial charge in [0.05, 0.1) is 18.9 Å². The molecule has 1 unspecified atom stereocenters. The maximum Gasteiger partial charge on any atom is 0.166 e. The predicted molar refractivity (Wildman–Crippen MR) is 109 cm³/mol. The smallest absolute Gasteiger partial charge is 0.166 e. The summed E-state index contributed by atoms with van der Waals surface area (Å²) in [7, 11) is 1.72. The topological polar surface area (TPSA) is 108 Å². The molecule has 3 aromatic rings. The molecule has 0 saturated carbocycles. The fraction of sp³-hybridized carbons (Fsp3) is 0.318. The molecule has 158 valence electrons. The van der Waals surface area contributed by atoms with Gasteiger partial charge in [-0.2, -0.15) is 10.4 Å². The summed E-state index contributed by atoms with van der Waals surface area (Å²) in [5.74, 6) is 0.633. The maximum atomic E-state index is 14.1. The zero-order valence-corrected chi connectivity index (χ0v) is 17.1. The molecule has 1 aromatic carbocycles. The molecule has 0 radical (unpaired) electrons. The fourth-order valence-corrected chi connectivity index (χ4v) is 4.07. The van der Waals surface area contributed by atoms with Crippen LogP contribution in [0.1, 0.15) is 30.0 Å². The van der Waals surface area contributed by atoms with Crippen LogP contribution in [0.2, 0.25) is 0 Å². The van der Waals surface area contributed by atoms with Gasteiger partial charge in [-0.15, -0.1) is 0 Å². The highest BCUT2D eigenvalue weighted by Crippen LogP contribution is 2.40. The van der Waals surface area contributed by atoms with Crippen molar-refractivity contribution in [2.75, 3.05) is 18.9 Å². The van der Waals surface area contributed by atoms with Gasteiger partial charge >= 0.3 is 0 Å². The number of aromatic nitrogens is 3. The molecule has 2 N–H and O–H groups in total. The van der Waals surface area contributed by atoms with Gasteiger partial charge in [0.25, 0.3) is 0 Å². The molecular weight excluding hydrogens is 401 g/mol. The number of nitrogen functional groups attached to an aromatic ring is 1. The van der Waals surface area contributed by atoms with E-state index in [1.54, 1.807) is 37.0 Å². The Morgan fingerprint density at radius 2 is 2.10 bits per heavy atom.